The quantitative estimate of drug-likeness (QED) is 0.0169. The smallest absolute Gasteiger partial charge is 0.462 e. The van der Waals surface area contributed by atoms with Crippen molar-refractivity contribution in [1.29, 1.82) is 0 Å². The van der Waals surface area contributed by atoms with Gasteiger partial charge in [0.25, 0.3) is 0 Å². The lowest BCUT2D eigenvalue weighted by atomic mass is 10.0. The Bertz CT molecular complexity index is 2260. The summed E-state index contributed by atoms with van der Waals surface area (Å²) in [5.41, 5.74) is 0. The summed E-state index contributed by atoms with van der Waals surface area (Å²) in [4.78, 5) is 73.0. The average molecular weight is 1480 g/mol. The van der Waals surface area contributed by atoms with Crippen LogP contribution in [-0.2, 0) is 65.4 Å². The Morgan fingerprint density at radius 1 is 0.275 bits per heavy atom. The van der Waals surface area contributed by atoms with Crippen molar-refractivity contribution >= 4 is 39.5 Å². The van der Waals surface area contributed by atoms with Crippen molar-refractivity contribution in [1.82, 2.24) is 0 Å². The largest absolute Gasteiger partial charge is 0.472 e. The number of esters is 4. The Morgan fingerprint density at radius 2 is 0.500 bits per heavy atom. The highest BCUT2D eigenvalue weighted by molar-refractivity contribution is 7.47. The number of phosphoric ester groups is 2. The van der Waals surface area contributed by atoms with E-state index >= 15 is 0 Å². The van der Waals surface area contributed by atoms with Gasteiger partial charge in [0.1, 0.15) is 19.3 Å². The van der Waals surface area contributed by atoms with E-state index in [1.807, 2.05) is 12.2 Å². The molecule has 0 fully saturated rings. The standard InChI is InChI=1S/C83H148O17P2/c1-5-9-13-17-21-25-29-33-36-37-38-39-42-45-48-52-56-60-64-68-81(86)94-74-79(100-83(88)70-66-62-58-54-50-46-41-35-31-27-23-19-15-11-7-3)76-98-102(91,92)96-72-77(84)71-95-101(89,90)97-75-78(99-82(87)69-65-61-57-53-49-43-32-28-24-20-16-12-8-4)73-93-80(85)67-63-59-55-51-47-44-40-34-30-26-22-18-14-10-6-2/h21,25,33-36,38-41,45,48,56,60,77-79,84H,5-20,22-24,26-32,37,42-44,46-47,49-55,57-59,61-76H2,1-4H3,(H,89,90)(H,91,92)/b25-21-,36-33-,39-38-,40-34-,41-35-,48-45-,60-56-/t77-,78+,79+/m0/s1. The van der Waals surface area contributed by atoms with Gasteiger partial charge in [-0.25, -0.2) is 9.13 Å². The van der Waals surface area contributed by atoms with E-state index in [1.165, 1.54) is 148 Å². The summed E-state index contributed by atoms with van der Waals surface area (Å²) < 4.78 is 68.5. The van der Waals surface area contributed by atoms with Gasteiger partial charge in [-0.1, -0.05) is 305 Å². The van der Waals surface area contributed by atoms with E-state index in [2.05, 4.69) is 101 Å². The van der Waals surface area contributed by atoms with Gasteiger partial charge in [0.05, 0.1) is 26.4 Å². The first-order valence-electron chi connectivity index (χ1n) is 40.8. The molecule has 0 saturated heterocycles. The highest BCUT2D eigenvalue weighted by Gasteiger charge is 2.30. The SMILES string of the molecule is CCCCC/C=C\C/C=C\C/C=C\C/C=C\C/C=C\CCC(=O)OC[C@H](COP(=O)(O)OC[C@@H](O)COP(=O)(O)OC[C@@H](COC(=O)CCCCCCC/C=C\CCCCCCCC)OC(=O)CCCCCCCCCCCCCCC)OC(=O)CCCCCCC/C=C\CCCCCCCC. The van der Waals surface area contributed by atoms with Gasteiger partial charge in [0.2, 0.25) is 0 Å². The zero-order chi connectivity index (χ0) is 74.6. The van der Waals surface area contributed by atoms with Gasteiger partial charge in [-0.2, -0.15) is 0 Å². The van der Waals surface area contributed by atoms with Crippen molar-refractivity contribution in [2.24, 2.45) is 0 Å². The molecular weight excluding hydrogens is 1330 g/mol. The summed E-state index contributed by atoms with van der Waals surface area (Å²) in [6, 6.07) is 0. The molecule has 19 heteroatoms. The fourth-order valence-corrected chi connectivity index (χ4v) is 12.7. The molecule has 0 aliphatic heterocycles. The first-order valence-corrected chi connectivity index (χ1v) is 43.8. The summed E-state index contributed by atoms with van der Waals surface area (Å²) in [7, 11) is -9.97. The van der Waals surface area contributed by atoms with Crippen LogP contribution in [0.4, 0.5) is 0 Å². The Morgan fingerprint density at radius 3 is 0.824 bits per heavy atom. The summed E-state index contributed by atoms with van der Waals surface area (Å²) >= 11 is 0. The van der Waals surface area contributed by atoms with E-state index in [9.17, 15) is 43.2 Å². The van der Waals surface area contributed by atoms with E-state index in [4.69, 9.17) is 37.0 Å². The number of ether oxygens (including phenoxy) is 4. The van der Waals surface area contributed by atoms with Crippen LogP contribution >= 0.6 is 15.6 Å². The number of aliphatic hydroxyl groups is 1. The number of carbonyl (C=O) groups is 4. The third-order valence-corrected chi connectivity index (χ3v) is 19.2. The third-order valence-electron chi connectivity index (χ3n) is 17.3. The molecule has 0 saturated carbocycles. The number of hydrogen-bond donors (Lipinski definition) is 3. The molecule has 0 bridgehead atoms. The molecule has 0 rings (SSSR count). The molecule has 2 unspecified atom stereocenters. The van der Waals surface area contributed by atoms with Gasteiger partial charge >= 0.3 is 39.5 Å². The number of rotatable bonds is 77. The average Bonchev–Trinajstić information content (AvgIpc) is 0.924. The molecule has 0 heterocycles. The fraction of sp³-hybridized carbons (Fsp3) is 0.783. The van der Waals surface area contributed by atoms with E-state index in [0.29, 0.717) is 32.1 Å². The van der Waals surface area contributed by atoms with Gasteiger partial charge in [-0.05, 0) is 116 Å². The predicted molar refractivity (Wildman–Crippen MR) is 418 cm³/mol. The lowest BCUT2D eigenvalue weighted by Crippen LogP contribution is -2.30. The van der Waals surface area contributed by atoms with Crippen molar-refractivity contribution in [2.75, 3.05) is 39.6 Å². The van der Waals surface area contributed by atoms with Gasteiger partial charge < -0.3 is 33.8 Å². The first kappa shape index (κ1) is 98.2. The zero-order valence-electron chi connectivity index (χ0n) is 64.8. The lowest BCUT2D eigenvalue weighted by Gasteiger charge is -2.21. The molecule has 0 aromatic rings. The van der Waals surface area contributed by atoms with Crippen molar-refractivity contribution in [2.45, 2.75) is 380 Å². The molecule has 3 N–H and O–H groups in total. The van der Waals surface area contributed by atoms with E-state index < -0.39 is 97.5 Å². The summed E-state index contributed by atoms with van der Waals surface area (Å²) in [5.74, 6) is -2.26. The molecule has 17 nitrogen and oxygen atoms in total. The Labute approximate surface area is 621 Å². The second kappa shape index (κ2) is 75.5. The predicted octanol–water partition coefficient (Wildman–Crippen LogP) is 23.8. The number of unbranched alkanes of at least 4 members (excludes halogenated alkanes) is 37. The number of hydrogen-bond acceptors (Lipinski definition) is 15. The minimum atomic E-state index is -4.99. The topological polar surface area (TPSA) is 237 Å². The van der Waals surface area contributed by atoms with Gasteiger partial charge in [0, 0.05) is 25.7 Å². The minimum Gasteiger partial charge on any atom is -0.462 e. The van der Waals surface area contributed by atoms with Crippen LogP contribution in [0.25, 0.3) is 0 Å². The van der Waals surface area contributed by atoms with E-state index in [-0.39, 0.29) is 25.7 Å². The van der Waals surface area contributed by atoms with Gasteiger partial charge in [0.15, 0.2) is 12.2 Å². The monoisotopic (exact) mass is 1480 g/mol. The molecule has 592 valence electrons. The summed E-state index contributed by atoms with van der Waals surface area (Å²) in [6.45, 7) is 4.79. The Balaban J connectivity index is 5.40. The molecule has 0 spiro atoms. The van der Waals surface area contributed by atoms with Gasteiger partial charge in [-0.15, -0.1) is 0 Å². The first-order chi connectivity index (χ1) is 49.7. The van der Waals surface area contributed by atoms with E-state index in [1.54, 1.807) is 0 Å². The van der Waals surface area contributed by atoms with Crippen molar-refractivity contribution in [3.63, 3.8) is 0 Å². The minimum absolute atomic E-state index is 0.0380. The normalized spacial score (nSPS) is 14.3. The highest BCUT2D eigenvalue weighted by Crippen LogP contribution is 2.45. The van der Waals surface area contributed by atoms with Gasteiger partial charge in [-0.3, -0.25) is 37.3 Å². The molecule has 0 radical (unpaired) electrons. The third kappa shape index (κ3) is 74.5. The van der Waals surface area contributed by atoms with Crippen LogP contribution in [0.3, 0.4) is 0 Å². The van der Waals surface area contributed by atoms with Crippen LogP contribution < -0.4 is 0 Å². The van der Waals surface area contributed by atoms with E-state index in [0.717, 1.165) is 128 Å². The molecule has 0 aromatic heterocycles. The Hall–Kier alpha value is -3.76. The van der Waals surface area contributed by atoms with Crippen molar-refractivity contribution < 1.29 is 80.2 Å². The lowest BCUT2D eigenvalue weighted by molar-refractivity contribution is -0.161. The maximum absolute atomic E-state index is 13.1. The molecule has 0 aliphatic carbocycles. The van der Waals surface area contributed by atoms with Crippen LogP contribution in [0.1, 0.15) is 362 Å². The van der Waals surface area contributed by atoms with Crippen molar-refractivity contribution in [3.8, 4) is 0 Å². The second-order valence-electron chi connectivity index (χ2n) is 27.4. The molecule has 0 aromatic carbocycles. The molecular formula is C83H148O17P2. The summed E-state index contributed by atoms with van der Waals surface area (Å²) in [5, 5.41) is 10.6. The fourth-order valence-electron chi connectivity index (χ4n) is 11.1. The molecule has 102 heavy (non-hydrogen) atoms. The molecule has 0 aliphatic rings. The van der Waals surface area contributed by atoms with Crippen LogP contribution in [0, 0.1) is 0 Å². The number of carbonyl (C=O) groups excluding carboxylic acids is 4. The van der Waals surface area contributed by atoms with Crippen LogP contribution in [-0.4, -0.2) is 96.7 Å². The number of aliphatic hydroxyl groups excluding tert-OH is 1. The zero-order valence-corrected chi connectivity index (χ0v) is 66.6. The number of phosphoric acid groups is 2. The molecule has 0 amide bonds. The highest BCUT2D eigenvalue weighted by atomic mass is 31.2. The van der Waals surface area contributed by atoms with Crippen LogP contribution in [0.5, 0.6) is 0 Å². The maximum atomic E-state index is 13.1. The second-order valence-corrected chi connectivity index (χ2v) is 30.3. The summed E-state index contributed by atoms with van der Waals surface area (Å²) in [6.07, 6.45) is 78.6. The van der Waals surface area contributed by atoms with Crippen LogP contribution in [0.15, 0.2) is 85.1 Å². The van der Waals surface area contributed by atoms with Crippen molar-refractivity contribution in [3.05, 3.63) is 85.1 Å². The number of allylic oxidation sites excluding steroid dienone is 14. The molecule has 5 atom stereocenters. The van der Waals surface area contributed by atoms with Crippen LogP contribution in [0.2, 0.25) is 0 Å². The maximum Gasteiger partial charge on any atom is 0.472 e. The Kier molecular flexibility index (Phi) is 72.7.